The molecule has 0 bridgehead atoms. The van der Waals surface area contributed by atoms with Crippen LogP contribution in [0.5, 0.6) is 5.75 Å². The van der Waals surface area contributed by atoms with Gasteiger partial charge in [-0.3, -0.25) is 4.79 Å². The van der Waals surface area contributed by atoms with E-state index >= 15 is 0 Å². The van der Waals surface area contributed by atoms with Gasteiger partial charge in [-0.1, -0.05) is 0 Å². The summed E-state index contributed by atoms with van der Waals surface area (Å²) in [7, 11) is 0. The summed E-state index contributed by atoms with van der Waals surface area (Å²) >= 11 is 2.91. The number of halogens is 4. The van der Waals surface area contributed by atoms with Crippen molar-refractivity contribution in [2.24, 2.45) is 0 Å². The second-order valence-electron chi connectivity index (χ2n) is 2.20. The zero-order valence-electron chi connectivity index (χ0n) is 6.51. The minimum atomic E-state index is -4.83. The van der Waals surface area contributed by atoms with Crippen LogP contribution in [0, 0.1) is 0 Å². The van der Waals surface area contributed by atoms with Crippen molar-refractivity contribution in [1.82, 2.24) is 4.98 Å². The third-order valence-electron chi connectivity index (χ3n) is 1.19. The number of pyridine rings is 1. The first-order valence-electron chi connectivity index (χ1n) is 3.29. The molecule has 0 atom stereocenters. The molecule has 0 aliphatic heterocycles. The Morgan fingerprint density at radius 1 is 1.50 bits per heavy atom. The Bertz CT molecular complexity index is 353. The summed E-state index contributed by atoms with van der Waals surface area (Å²) in [5.74, 6) is -0.623. The quantitative estimate of drug-likeness (QED) is 0.775. The van der Waals surface area contributed by atoms with Crippen molar-refractivity contribution in [3.63, 3.8) is 0 Å². The van der Waals surface area contributed by atoms with Gasteiger partial charge in [-0.25, -0.2) is 4.98 Å². The predicted octanol–water partition coefficient (Wildman–Crippen LogP) is 2.56. The van der Waals surface area contributed by atoms with Gasteiger partial charge in [-0.2, -0.15) is 0 Å². The van der Waals surface area contributed by atoms with Gasteiger partial charge >= 0.3 is 6.36 Å². The number of hydrogen-bond donors (Lipinski definition) is 0. The molecular formula is C7H3BrF3NO2. The fraction of sp³-hybridized carbons (Fsp3) is 0.143. The Labute approximate surface area is 85.0 Å². The average molecular weight is 270 g/mol. The van der Waals surface area contributed by atoms with Crippen molar-refractivity contribution in [1.29, 1.82) is 0 Å². The summed E-state index contributed by atoms with van der Waals surface area (Å²) in [6.07, 6.45) is -3.44. The number of carbonyl (C=O) groups is 1. The van der Waals surface area contributed by atoms with Gasteiger partial charge in [0.05, 0.1) is 0 Å². The van der Waals surface area contributed by atoms with Gasteiger partial charge < -0.3 is 4.74 Å². The normalized spacial score (nSPS) is 11.1. The number of alkyl halides is 3. The fourth-order valence-corrected chi connectivity index (χ4v) is 1.04. The van der Waals surface area contributed by atoms with Crippen LogP contribution in [0.1, 0.15) is 10.5 Å². The molecule has 0 saturated carbocycles. The monoisotopic (exact) mass is 269 g/mol. The van der Waals surface area contributed by atoms with Gasteiger partial charge in [-0.15, -0.1) is 13.2 Å². The molecule has 0 unspecified atom stereocenters. The molecule has 0 aromatic carbocycles. The molecule has 1 rings (SSSR count). The summed E-state index contributed by atoms with van der Waals surface area (Å²) < 4.78 is 39.3. The first-order chi connectivity index (χ1) is 6.42. The average Bonchev–Trinajstić information content (AvgIpc) is 2.01. The number of aldehydes is 1. The van der Waals surface area contributed by atoms with E-state index in [4.69, 9.17) is 0 Å². The maximum absolute atomic E-state index is 11.8. The lowest BCUT2D eigenvalue weighted by molar-refractivity contribution is -0.274. The molecule has 0 N–H and O–H groups in total. The SMILES string of the molecule is O=Cc1ncc(Br)cc1OC(F)(F)F. The smallest absolute Gasteiger partial charge is 0.403 e. The van der Waals surface area contributed by atoms with E-state index in [2.05, 4.69) is 25.7 Å². The minimum Gasteiger partial charge on any atom is -0.403 e. The largest absolute Gasteiger partial charge is 0.573 e. The molecule has 1 aromatic rings. The lowest BCUT2D eigenvalue weighted by Gasteiger charge is -2.09. The van der Waals surface area contributed by atoms with Crippen molar-refractivity contribution >= 4 is 22.2 Å². The molecule has 14 heavy (non-hydrogen) atoms. The number of hydrogen-bond acceptors (Lipinski definition) is 3. The Morgan fingerprint density at radius 3 is 2.64 bits per heavy atom. The predicted molar refractivity (Wildman–Crippen MR) is 44.0 cm³/mol. The topological polar surface area (TPSA) is 39.2 Å². The highest BCUT2D eigenvalue weighted by molar-refractivity contribution is 9.10. The third-order valence-corrected chi connectivity index (χ3v) is 1.62. The van der Waals surface area contributed by atoms with E-state index < -0.39 is 17.8 Å². The summed E-state index contributed by atoms with van der Waals surface area (Å²) in [6, 6.07) is 1.02. The molecule has 0 aliphatic rings. The van der Waals surface area contributed by atoms with Crippen molar-refractivity contribution < 1.29 is 22.7 Å². The Hall–Kier alpha value is -1.11. The molecule has 0 saturated heterocycles. The number of carbonyl (C=O) groups excluding carboxylic acids is 1. The summed E-state index contributed by atoms with van der Waals surface area (Å²) in [6.45, 7) is 0. The van der Waals surface area contributed by atoms with Crippen LogP contribution in [-0.4, -0.2) is 17.6 Å². The lowest BCUT2D eigenvalue weighted by Crippen LogP contribution is -2.18. The molecule has 0 radical (unpaired) electrons. The summed E-state index contributed by atoms with van der Waals surface area (Å²) in [4.78, 5) is 13.7. The zero-order chi connectivity index (χ0) is 10.8. The molecule has 7 heteroatoms. The first kappa shape index (κ1) is 11.0. The molecule has 0 spiro atoms. The molecule has 0 amide bonds. The van der Waals surface area contributed by atoms with Crippen molar-refractivity contribution in [2.75, 3.05) is 0 Å². The van der Waals surface area contributed by atoms with Gasteiger partial charge in [0.2, 0.25) is 0 Å². The summed E-state index contributed by atoms with van der Waals surface area (Å²) in [5.41, 5.74) is -0.398. The molecule has 3 nitrogen and oxygen atoms in total. The first-order valence-corrected chi connectivity index (χ1v) is 4.08. The Morgan fingerprint density at radius 2 is 2.14 bits per heavy atom. The number of ether oxygens (including phenoxy) is 1. The second kappa shape index (κ2) is 3.95. The van der Waals surface area contributed by atoms with E-state index in [1.165, 1.54) is 6.20 Å². The van der Waals surface area contributed by atoms with Crippen LogP contribution in [0.4, 0.5) is 13.2 Å². The second-order valence-corrected chi connectivity index (χ2v) is 3.12. The molecule has 76 valence electrons. The number of rotatable bonds is 2. The maximum Gasteiger partial charge on any atom is 0.573 e. The van der Waals surface area contributed by atoms with Gasteiger partial charge in [-0.05, 0) is 22.0 Å². The van der Waals surface area contributed by atoms with E-state index in [-0.39, 0.29) is 6.29 Å². The van der Waals surface area contributed by atoms with Crippen molar-refractivity contribution in [3.8, 4) is 5.75 Å². The Balaban J connectivity index is 3.05. The maximum atomic E-state index is 11.8. The molecular weight excluding hydrogens is 267 g/mol. The Kier molecular flexibility index (Phi) is 3.10. The van der Waals surface area contributed by atoms with Crippen LogP contribution in [-0.2, 0) is 0 Å². The van der Waals surface area contributed by atoms with Crippen LogP contribution >= 0.6 is 15.9 Å². The van der Waals surface area contributed by atoms with Gasteiger partial charge in [0, 0.05) is 10.7 Å². The molecule has 1 heterocycles. The van der Waals surface area contributed by atoms with Crippen LogP contribution in [0.2, 0.25) is 0 Å². The van der Waals surface area contributed by atoms with Crippen LogP contribution in [0.25, 0.3) is 0 Å². The van der Waals surface area contributed by atoms with E-state index in [0.29, 0.717) is 4.47 Å². The van der Waals surface area contributed by atoms with E-state index in [1.54, 1.807) is 0 Å². The minimum absolute atomic E-state index is 0.188. The molecule has 0 aliphatic carbocycles. The number of aromatic nitrogens is 1. The summed E-state index contributed by atoms with van der Waals surface area (Å²) in [5, 5.41) is 0. The van der Waals surface area contributed by atoms with Crippen LogP contribution < -0.4 is 4.74 Å². The highest BCUT2D eigenvalue weighted by atomic mass is 79.9. The van der Waals surface area contributed by atoms with E-state index in [1.807, 2.05) is 0 Å². The fourth-order valence-electron chi connectivity index (χ4n) is 0.726. The van der Waals surface area contributed by atoms with Gasteiger partial charge in [0.25, 0.3) is 0 Å². The van der Waals surface area contributed by atoms with Crippen LogP contribution in [0.15, 0.2) is 16.7 Å². The number of nitrogens with zero attached hydrogens (tertiary/aromatic N) is 1. The standard InChI is InChI=1S/C7H3BrF3NO2/c8-4-1-6(14-7(9,10)11)5(3-13)12-2-4/h1-3H. The van der Waals surface area contributed by atoms with Gasteiger partial charge in [0.15, 0.2) is 12.0 Å². The van der Waals surface area contributed by atoms with Crippen LogP contribution in [0.3, 0.4) is 0 Å². The highest BCUT2D eigenvalue weighted by Crippen LogP contribution is 2.26. The lowest BCUT2D eigenvalue weighted by atomic mass is 10.3. The van der Waals surface area contributed by atoms with Crippen molar-refractivity contribution in [2.45, 2.75) is 6.36 Å². The van der Waals surface area contributed by atoms with Gasteiger partial charge in [0.1, 0.15) is 5.69 Å². The van der Waals surface area contributed by atoms with Crippen molar-refractivity contribution in [3.05, 3.63) is 22.4 Å². The van der Waals surface area contributed by atoms with E-state index in [9.17, 15) is 18.0 Å². The third kappa shape index (κ3) is 2.99. The molecule has 0 fully saturated rings. The zero-order valence-corrected chi connectivity index (χ0v) is 8.09. The highest BCUT2D eigenvalue weighted by Gasteiger charge is 2.32. The van der Waals surface area contributed by atoms with E-state index in [0.717, 1.165) is 6.07 Å². The molecule has 1 aromatic heterocycles.